The molecule has 0 aromatic carbocycles. The van der Waals surface area contributed by atoms with Crippen LogP contribution in [0.2, 0.25) is 0 Å². The van der Waals surface area contributed by atoms with Crippen molar-refractivity contribution in [3.8, 4) is 0 Å². The first-order valence-electron chi connectivity index (χ1n) is 6.15. The summed E-state index contributed by atoms with van der Waals surface area (Å²) in [4.78, 5) is 5.59. The molecule has 18 heavy (non-hydrogen) atoms. The Morgan fingerprint density at radius 1 is 1.50 bits per heavy atom. The maximum atomic E-state index is 11.3. The first-order valence-corrected chi connectivity index (χ1v) is 8.79. The van der Waals surface area contributed by atoms with Crippen molar-refractivity contribution in [1.82, 2.24) is 10.3 Å². The van der Waals surface area contributed by atoms with Crippen LogP contribution in [0.25, 0.3) is 0 Å². The maximum absolute atomic E-state index is 11.3. The molecule has 0 radical (unpaired) electrons. The van der Waals surface area contributed by atoms with Crippen LogP contribution in [-0.4, -0.2) is 30.9 Å². The average molecular weight is 288 g/mol. The number of rotatable bonds is 3. The van der Waals surface area contributed by atoms with E-state index in [0.29, 0.717) is 12.3 Å². The van der Waals surface area contributed by atoms with E-state index in [0.717, 1.165) is 11.4 Å². The van der Waals surface area contributed by atoms with Gasteiger partial charge in [-0.05, 0) is 6.42 Å². The molecule has 1 unspecified atom stereocenters. The van der Waals surface area contributed by atoms with Gasteiger partial charge in [0.1, 0.15) is 0 Å². The van der Waals surface area contributed by atoms with E-state index in [1.165, 1.54) is 4.88 Å². The lowest BCUT2D eigenvalue weighted by Crippen LogP contribution is -2.29. The zero-order valence-corrected chi connectivity index (χ0v) is 12.7. The third-order valence-electron chi connectivity index (χ3n) is 2.99. The minimum atomic E-state index is -2.79. The minimum Gasteiger partial charge on any atom is -0.308 e. The fourth-order valence-corrected chi connectivity index (χ4v) is 4.57. The highest BCUT2D eigenvalue weighted by Gasteiger charge is 2.27. The third kappa shape index (κ3) is 3.52. The van der Waals surface area contributed by atoms with Crippen LogP contribution in [-0.2, 0) is 21.8 Å². The SMILES string of the molecule is CC(C)(C)c1ncc(CNC2CCS(=O)(=O)C2)s1. The van der Waals surface area contributed by atoms with Gasteiger partial charge in [0.2, 0.25) is 0 Å². The summed E-state index contributed by atoms with van der Waals surface area (Å²) in [5, 5.41) is 4.43. The lowest BCUT2D eigenvalue weighted by Gasteiger charge is -2.13. The van der Waals surface area contributed by atoms with Gasteiger partial charge in [-0.1, -0.05) is 20.8 Å². The van der Waals surface area contributed by atoms with Gasteiger partial charge in [0.05, 0.1) is 16.5 Å². The average Bonchev–Trinajstić information content (AvgIpc) is 2.80. The van der Waals surface area contributed by atoms with Crippen molar-refractivity contribution in [3.63, 3.8) is 0 Å². The predicted octanol–water partition coefficient (Wildman–Crippen LogP) is 1.72. The van der Waals surface area contributed by atoms with Crippen molar-refractivity contribution in [2.24, 2.45) is 0 Å². The number of hydrogen-bond donors (Lipinski definition) is 1. The second-order valence-electron chi connectivity index (χ2n) is 5.86. The molecule has 1 N–H and O–H groups in total. The van der Waals surface area contributed by atoms with E-state index < -0.39 is 9.84 Å². The zero-order chi connectivity index (χ0) is 13.4. The molecule has 6 heteroatoms. The highest BCUT2D eigenvalue weighted by atomic mass is 32.2. The molecule has 102 valence electrons. The molecule has 1 aromatic heterocycles. The zero-order valence-electron chi connectivity index (χ0n) is 11.1. The van der Waals surface area contributed by atoms with Crippen LogP contribution in [0, 0.1) is 0 Å². The van der Waals surface area contributed by atoms with Gasteiger partial charge >= 0.3 is 0 Å². The summed E-state index contributed by atoms with van der Waals surface area (Å²) in [6.07, 6.45) is 2.62. The summed E-state index contributed by atoms with van der Waals surface area (Å²) in [6, 6.07) is 0.107. The van der Waals surface area contributed by atoms with E-state index in [2.05, 4.69) is 31.1 Å². The smallest absolute Gasteiger partial charge is 0.151 e. The van der Waals surface area contributed by atoms with Crippen molar-refractivity contribution in [3.05, 3.63) is 16.1 Å². The highest BCUT2D eigenvalue weighted by molar-refractivity contribution is 7.91. The Bertz CT molecular complexity index is 514. The number of aromatic nitrogens is 1. The Balaban J connectivity index is 1.90. The van der Waals surface area contributed by atoms with Gasteiger partial charge in [0.15, 0.2) is 9.84 Å². The Morgan fingerprint density at radius 3 is 2.72 bits per heavy atom. The summed E-state index contributed by atoms with van der Waals surface area (Å²) in [6.45, 7) is 7.15. The van der Waals surface area contributed by atoms with Gasteiger partial charge in [0, 0.05) is 29.1 Å². The molecule has 1 saturated heterocycles. The number of nitrogens with zero attached hydrogens (tertiary/aromatic N) is 1. The first kappa shape index (κ1) is 14.0. The Kier molecular flexibility index (Phi) is 3.80. The van der Waals surface area contributed by atoms with Gasteiger partial charge in [-0.25, -0.2) is 13.4 Å². The van der Waals surface area contributed by atoms with E-state index >= 15 is 0 Å². The second-order valence-corrected chi connectivity index (χ2v) is 9.21. The molecule has 1 fully saturated rings. The number of nitrogens with one attached hydrogen (secondary N) is 1. The van der Waals surface area contributed by atoms with Gasteiger partial charge < -0.3 is 5.32 Å². The van der Waals surface area contributed by atoms with Crippen LogP contribution in [0.5, 0.6) is 0 Å². The maximum Gasteiger partial charge on any atom is 0.151 e. The van der Waals surface area contributed by atoms with Crippen molar-refractivity contribution in [1.29, 1.82) is 0 Å². The van der Waals surface area contributed by atoms with Crippen LogP contribution in [0.15, 0.2) is 6.20 Å². The van der Waals surface area contributed by atoms with Gasteiger partial charge in [0.25, 0.3) is 0 Å². The lowest BCUT2D eigenvalue weighted by atomic mass is 9.98. The molecule has 0 amide bonds. The Hall–Kier alpha value is -0.460. The van der Waals surface area contributed by atoms with Crippen LogP contribution in [0.3, 0.4) is 0 Å². The number of sulfone groups is 1. The molecular weight excluding hydrogens is 268 g/mol. The van der Waals surface area contributed by atoms with E-state index in [1.54, 1.807) is 11.3 Å². The molecule has 2 heterocycles. The first-order chi connectivity index (χ1) is 8.26. The minimum absolute atomic E-state index is 0.0830. The molecule has 1 atom stereocenters. The molecule has 0 aliphatic carbocycles. The van der Waals surface area contributed by atoms with Crippen LogP contribution in [0.1, 0.15) is 37.1 Å². The van der Waals surface area contributed by atoms with Crippen molar-refractivity contribution < 1.29 is 8.42 Å². The van der Waals surface area contributed by atoms with E-state index in [1.807, 2.05) is 6.20 Å². The van der Waals surface area contributed by atoms with Crippen LogP contribution < -0.4 is 5.32 Å². The van der Waals surface area contributed by atoms with Crippen molar-refractivity contribution >= 4 is 21.2 Å². The molecule has 1 aromatic rings. The molecule has 1 aliphatic heterocycles. The quantitative estimate of drug-likeness (QED) is 0.920. The van der Waals surface area contributed by atoms with Crippen LogP contribution in [0.4, 0.5) is 0 Å². The fraction of sp³-hybridized carbons (Fsp3) is 0.750. The summed E-state index contributed by atoms with van der Waals surface area (Å²) >= 11 is 1.70. The normalized spacial score (nSPS) is 23.4. The number of thiazole rings is 1. The molecule has 4 nitrogen and oxygen atoms in total. The molecule has 0 saturated carbocycles. The summed E-state index contributed by atoms with van der Waals surface area (Å²) < 4.78 is 22.7. The summed E-state index contributed by atoms with van der Waals surface area (Å²) in [7, 11) is -2.79. The standard InChI is InChI=1S/C12H20N2O2S2/c1-12(2,3)11-14-7-10(17-11)6-13-9-4-5-18(15,16)8-9/h7,9,13H,4-6,8H2,1-3H3. The third-order valence-corrected chi connectivity index (χ3v) is 6.18. The van der Waals surface area contributed by atoms with E-state index in [9.17, 15) is 8.42 Å². The molecule has 0 spiro atoms. The lowest BCUT2D eigenvalue weighted by molar-refractivity contribution is 0.557. The van der Waals surface area contributed by atoms with Gasteiger partial charge in [-0.2, -0.15) is 0 Å². The predicted molar refractivity (Wildman–Crippen MR) is 74.7 cm³/mol. The fourth-order valence-electron chi connectivity index (χ4n) is 1.94. The van der Waals surface area contributed by atoms with Crippen molar-refractivity contribution in [2.45, 2.75) is 45.2 Å². The molecular formula is C12H20N2O2S2. The monoisotopic (exact) mass is 288 g/mol. The van der Waals surface area contributed by atoms with Crippen LogP contribution >= 0.6 is 11.3 Å². The molecule has 1 aliphatic rings. The topological polar surface area (TPSA) is 59.1 Å². The van der Waals surface area contributed by atoms with Gasteiger partial charge in [-0.3, -0.25) is 0 Å². The Labute approximate surface area is 113 Å². The number of hydrogen-bond acceptors (Lipinski definition) is 5. The summed E-state index contributed by atoms with van der Waals surface area (Å²) in [5.41, 5.74) is 0.0830. The van der Waals surface area contributed by atoms with Crippen molar-refractivity contribution in [2.75, 3.05) is 11.5 Å². The Morgan fingerprint density at radius 2 is 2.22 bits per heavy atom. The second kappa shape index (κ2) is 4.90. The molecule has 0 bridgehead atoms. The van der Waals surface area contributed by atoms with E-state index in [-0.39, 0.29) is 17.2 Å². The largest absolute Gasteiger partial charge is 0.308 e. The summed E-state index contributed by atoms with van der Waals surface area (Å²) in [5.74, 6) is 0.596. The highest BCUT2D eigenvalue weighted by Crippen LogP contribution is 2.26. The molecule has 2 rings (SSSR count). The van der Waals surface area contributed by atoms with E-state index in [4.69, 9.17) is 0 Å². The van der Waals surface area contributed by atoms with Gasteiger partial charge in [-0.15, -0.1) is 11.3 Å².